The third-order valence-corrected chi connectivity index (χ3v) is 1.84. The first-order valence-corrected chi connectivity index (χ1v) is 3.77. The van der Waals surface area contributed by atoms with Gasteiger partial charge >= 0.3 is 0 Å². The molecule has 2 rings (SSSR count). The van der Waals surface area contributed by atoms with Crippen LogP contribution < -0.4 is 10.6 Å². The molecule has 0 radical (unpaired) electrons. The molecule has 0 amide bonds. The van der Waals surface area contributed by atoms with E-state index in [1.54, 1.807) is 0 Å². The normalized spacial score (nSPS) is 19.7. The molecule has 0 aromatic carbocycles. The Hall–Kier alpha value is -1.46. The molecular formula is C7H8F2N4. The van der Waals surface area contributed by atoms with E-state index in [0.29, 0.717) is 11.6 Å². The van der Waals surface area contributed by atoms with E-state index in [1.807, 2.05) is 0 Å². The maximum Gasteiger partial charge on any atom is 0.282 e. The molecule has 0 atom stereocenters. The van der Waals surface area contributed by atoms with Crippen LogP contribution in [0.2, 0.25) is 0 Å². The second-order valence-electron chi connectivity index (χ2n) is 3.01. The molecule has 0 aliphatic carbocycles. The summed E-state index contributed by atoms with van der Waals surface area (Å²) < 4.78 is 24.9. The van der Waals surface area contributed by atoms with Crippen molar-refractivity contribution >= 4 is 11.6 Å². The summed E-state index contributed by atoms with van der Waals surface area (Å²) in [6, 6.07) is 1.48. The van der Waals surface area contributed by atoms with Gasteiger partial charge in [-0.15, -0.1) is 0 Å². The molecule has 13 heavy (non-hydrogen) atoms. The van der Waals surface area contributed by atoms with Crippen molar-refractivity contribution in [2.75, 3.05) is 23.7 Å². The highest BCUT2D eigenvalue weighted by molar-refractivity contribution is 5.48. The Labute approximate surface area is 73.4 Å². The number of aromatic nitrogens is 2. The second-order valence-corrected chi connectivity index (χ2v) is 3.01. The number of halogens is 2. The van der Waals surface area contributed by atoms with Crippen LogP contribution in [-0.2, 0) is 0 Å². The summed E-state index contributed by atoms with van der Waals surface area (Å²) in [6.45, 7) is -0.576. The molecule has 0 saturated carbocycles. The lowest BCUT2D eigenvalue weighted by atomic mass is 10.1. The Morgan fingerprint density at radius 2 is 2.08 bits per heavy atom. The molecule has 0 spiro atoms. The van der Waals surface area contributed by atoms with E-state index in [9.17, 15) is 8.78 Å². The number of nitrogens with zero attached hydrogens (tertiary/aromatic N) is 3. The summed E-state index contributed by atoms with van der Waals surface area (Å²) in [5, 5.41) is 0. The van der Waals surface area contributed by atoms with Crippen molar-refractivity contribution < 1.29 is 8.78 Å². The van der Waals surface area contributed by atoms with Gasteiger partial charge in [0.1, 0.15) is 18.0 Å². The van der Waals surface area contributed by atoms with E-state index in [2.05, 4.69) is 9.97 Å². The van der Waals surface area contributed by atoms with Crippen LogP contribution in [0.3, 0.4) is 0 Å². The number of alkyl halides is 2. The third-order valence-electron chi connectivity index (χ3n) is 1.84. The molecule has 70 valence electrons. The highest BCUT2D eigenvalue weighted by Crippen LogP contribution is 2.30. The average Bonchev–Trinajstić information content (AvgIpc) is 2.00. The lowest BCUT2D eigenvalue weighted by Crippen LogP contribution is -2.56. The lowest BCUT2D eigenvalue weighted by Gasteiger charge is -2.39. The first-order chi connectivity index (χ1) is 6.07. The summed E-state index contributed by atoms with van der Waals surface area (Å²) >= 11 is 0. The van der Waals surface area contributed by atoms with Gasteiger partial charge in [0.05, 0.1) is 13.1 Å². The quantitative estimate of drug-likeness (QED) is 0.694. The molecular weight excluding hydrogens is 178 g/mol. The maximum atomic E-state index is 12.5. The number of anilines is 2. The standard InChI is InChI=1S/C7H8F2N4/c8-7(9)2-13(3-7)6-1-5(10)11-4-12-6/h1,4H,2-3H2,(H2,10,11,12). The molecule has 2 N–H and O–H groups in total. The second kappa shape index (κ2) is 2.51. The van der Waals surface area contributed by atoms with Gasteiger partial charge in [-0.1, -0.05) is 0 Å². The molecule has 1 aliphatic heterocycles. The van der Waals surface area contributed by atoms with Crippen molar-refractivity contribution in [3.05, 3.63) is 12.4 Å². The zero-order valence-electron chi connectivity index (χ0n) is 6.74. The van der Waals surface area contributed by atoms with Crippen LogP contribution in [0.15, 0.2) is 12.4 Å². The molecule has 6 heteroatoms. The Kier molecular flexibility index (Phi) is 1.58. The molecule has 2 heterocycles. The molecule has 4 nitrogen and oxygen atoms in total. The van der Waals surface area contributed by atoms with Gasteiger partial charge in [-0.25, -0.2) is 18.7 Å². The summed E-state index contributed by atoms with van der Waals surface area (Å²) in [5.41, 5.74) is 5.38. The SMILES string of the molecule is Nc1cc(N2CC(F)(F)C2)ncn1. The molecule has 1 fully saturated rings. The van der Waals surface area contributed by atoms with Crippen LogP contribution in [0.5, 0.6) is 0 Å². The van der Waals surface area contributed by atoms with E-state index in [1.165, 1.54) is 17.3 Å². The molecule has 1 saturated heterocycles. The van der Waals surface area contributed by atoms with E-state index in [0.717, 1.165) is 0 Å². The van der Waals surface area contributed by atoms with Crippen LogP contribution in [0.1, 0.15) is 0 Å². The smallest absolute Gasteiger partial charge is 0.282 e. The van der Waals surface area contributed by atoms with Gasteiger partial charge < -0.3 is 10.6 Å². The van der Waals surface area contributed by atoms with Crippen molar-refractivity contribution in [3.8, 4) is 0 Å². The number of nitrogens with two attached hydrogens (primary N) is 1. The summed E-state index contributed by atoms with van der Waals surface area (Å²) in [5.74, 6) is -1.83. The number of nitrogen functional groups attached to an aromatic ring is 1. The fourth-order valence-corrected chi connectivity index (χ4v) is 1.21. The predicted molar refractivity (Wildman–Crippen MR) is 43.6 cm³/mol. The summed E-state index contributed by atoms with van der Waals surface area (Å²) in [4.78, 5) is 8.95. The van der Waals surface area contributed by atoms with Crippen molar-refractivity contribution in [1.29, 1.82) is 0 Å². The van der Waals surface area contributed by atoms with Gasteiger partial charge in [0.15, 0.2) is 0 Å². The zero-order valence-corrected chi connectivity index (χ0v) is 6.74. The Morgan fingerprint density at radius 1 is 1.38 bits per heavy atom. The molecule has 0 bridgehead atoms. The summed E-state index contributed by atoms with van der Waals surface area (Å²) in [6.07, 6.45) is 1.27. The van der Waals surface area contributed by atoms with Gasteiger partial charge in [0.2, 0.25) is 0 Å². The van der Waals surface area contributed by atoms with Crippen LogP contribution in [-0.4, -0.2) is 29.0 Å². The highest BCUT2D eigenvalue weighted by atomic mass is 19.3. The molecule has 1 aliphatic rings. The average molecular weight is 186 g/mol. The molecule has 1 aromatic heterocycles. The number of hydrogen-bond donors (Lipinski definition) is 1. The van der Waals surface area contributed by atoms with Crippen LogP contribution >= 0.6 is 0 Å². The van der Waals surface area contributed by atoms with Gasteiger partial charge in [-0.05, 0) is 0 Å². The van der Waals surface area contributed by atoms with Crippen LogP contribution in [0.4, 0.5) is 20.4 Å². The first kappa shape index (κ1) is 8.15. The van der Waals surface area contributed by atoms with E-state index < -0.39 is 5.92 Å². The van der Waals surface area contributed by atoms with E-state index in [4.69, 9.17) is 5.73 Å². The summed E-state index contributed by atoms with van der Waals surface area (Å²) in [7, 11) is 0. The third kappa shape index (κ3) is 1.51. The Balaban J connectivity index is 2.11. The van der Waals surface area contributed by atoms with E-state index in [-0.39, 0.29) is 13.1 Å². The Morgan fingerprint density at radius 3 is 2.62 bits per heavy atom. The molecule has 0 unspecified atom stereocenters. The zero-order chi connectivity index (χ0) is 9.47. The maximum absolute atomic E-state index is 12.5. The van der Waals surface area contributed by atoms with Crippen molar-refractivity contribution in [2.24, 2.45) is 0 Å². The van der Waals surface area contributed by atoms with Gasteiger partial charge in [-0.2, -0.15) is 0 Å². The van der Waals surface area contributed by atoms with Crippen molar-refractivity contribution in [2.45, 2.75) is 5.92 Å². The molecule has 1 aromatic rings. The first-order valence-electron chi connectivity index (χ1n) is 3.77. The highest BCUT2D eigenvalue weighted by Gasteiger charge is 2.44. The predicted octanol–water partition coefficient (Wildman–Crippen LogP) is 0.514. The monoisotopic (exact) mass is 186 g/mol. The van der Waals surface area contributed by atoms with Crippen molar-refractivity contribution in [3.63, 3.8) is 0 Å². The minimum atomic E-state index is -2.58. The van der Waals surface area contributed by atoms with Gasteiger partial charge in [-0.3, -0.25) is 0 Å². The minimum absolute atomic E-state index is 0.288. The topological polar surface area (TPSA) is 55.0 Å². The fraction of sp³-hybridized carbons (Fsp3) is 0.429. The minimum Gasteiger partial charge on any atom is -0.384 e. The number of rotatable bonds is 1. The van der Waals surface area contributed by atoms with E-state index >= 15 is 0 Å². The lowest BCUT2D eigenvalue weighted by molar-refractivity contribution is -0.0267. The van der Waals surface area contributed by atoms with Gasteiger partial charge in [0, 0.05) is 6.07 Å². The van der Waals surface area contributed by atoms with Crippen LogP contribution in [0.25, 0.3) is 0 Å². The largest absolute Gasteiger partial charge is 0.384 e. The van der Waals surface area contributed by atoms with Gasteiger partial charge in [0.25, 0.3) is 5.92 Å². The Bertz CT molecular complexity index is 320. The number of hydrogen-bond acceptors (Lipinski definition) is 4. The van der Waals surface area contributed by atoms with Crippen LogP contribution in [0, 0.1) is 0 Å². The fourth-order valence-electron chi connectivity index (χ4n) is 1.21. The van der Waals surface area contributed by atoms with Crippen molar-refractivity contribution in [1.82, 2.24) is 9.97 Å².